The Balaban J connectivity index is 1.32. The molecule has 1 aromatic carbocycles. The lowest BCUT2D eigenvalue weighted by molar-refractivity contribution is 0.390. The van der Waals surface area contributed by atoms with Gasteiger partial charge < -0.3 is 15.5 Å². The van der Waals surface area contributed by atoms with Crippen LogP contribution in [0.3, 0.4) is 0 Å². The Bertz CT molecular complexity index is 721. The molecule has 1 aromatic heterocycles. The lowest BCUT2D eigenvalue weighted by Gasteiger charge is -2.28. The number of benzene rings is 1. The highest BCUT2D eigenvalue weighted by Crippen LogP contribution is 2.26. The van der Waals surface area contributed by atoms with Crippen LogP contribution < -0.4 is 15.5 Å². The van der Waals surface area contributed by atoms with E-state index < -0.39 is 0 Å². The van der Waals surface area contributed by atoms with Crippen LogP contribution in [0.4, 0.5) is 11.5 Å². The van der Waals surface area contributed by atoms with Gasteiger partial charge in [0.05, 0.1) is 5.69 Å². The number of rotatable bonds is 4. The van der Waals surface area contributed by atoms with Crippen molar-refractivity contribution >= 4 is 11.5 Å². The van der Waals surface area contributed by atoms with E-state index in [1.807, 2.05) is 6.92 Å². The largest absolute Gasteiger partial charge is 0.374 e. The molecule has 0 fully saturated rings. The van der Waals surface area contributed by atoms with Crippen molar-refractivity contribution in [3.8, 4) is 0 Å². The zero-order chi connectivity index (χ0) is 16.5. The fraction of sp³-hybridized carbons (Fsp3) is 0.526. The second kappa shape index (κ2) is 6.48. The summed E-state index contributed by atoms with van der Waals surface area (Å²) in [5.74, 6) is 1.74. The van der Waals surface area contributed by atoms with Gasteiger partial charge in [0.1, 0.15) is 5.82 Å². The molecular weight excluding hydrogens is 298 g/mol. The summed E-state index contributed by atoms with van der Waals surface area (Å²) in [4.78, 5) is 2.37. The second-order valence-electron chi connectivity index (χ2n) is 7.22. The first-order valence-corrected chi connectivity index (χ1v) is 9.01. The molecule has 0 amide bonds. The highest BCUT2D eigenvalue weighted by atomic mass is 15.3. The van der Waals surface area contributed by atoms with Gasteiger partial charge in [-0.05, 0) is 37.0 Å². The van der Waals surface area contributed by atoms with Gasteiger partial charge in [0.25, 0.3) is 0 Å². The van der Waals surface area contributed by atoms with Gasteiger partial charge in [-0.1, -0.05) is 12.1 Å². The standard InChI is InChI=1S/C19H27N5/c1-14-8-19-21-12-16(13-24(19)22-14)11-20-10-15-5-6-18-17(9-15)4-3-7-23(18)2/h5-6,8-9,16,20-21H,3-4,7,10-13H2,1-2H3/t16-/m1/s1. The number of nitrogens with zero attached hydrogens (tertiary/aromatic N) is 3. The van der Waals surface area contributed by atoms with E-state index in [9.17, 15) is 0 Å². The van der Waals surface area contributed by atoms with Crippen molar-refractivity contribution in [2.75, 3.05) is 36.9 Å². The molecule has 0 saturated carbocycles. The Kier molecular flexibility index (Phi) is 4.19. The quantitative estimate of drug-likeness (QED) is 0.906. The van der Waals surface area contributed by atoms with Crippen LogP contribution >= 0.6 is 0 Å². The van der Waals surface area contributed by atoms with E-state index in [2.05, 4.69) is 56.6 Å². The molecule has 0 unspecified atom stereocenters. The normalized spacial score (nSPS) is 19.6. The minimum absolute atomic E-state index is 0.584. The van der Waals surface area contributed by atoms with Gasteiger partial charge in [-0.3, -0.25) is 0 Å². The first kappa shape index (κ1) is 15.5. The molecular formula is C19H27N5. The SMILES string of the molecule is Cc1cc2n(n1)C[C@H](CNCc1ccc3c(c1)CCCN3C)CN2. The molecule has 0 radical (unpaired) electrons. The highest BCUT2D eigenvalue weighted by molar-refractivity contribution is 5.56. The zero-order valence-corrected chi connectivity index (χ0v) is 14.7. The summed E-state index contributed by atoms with van der Waals surface area (Å²) >= 11 is 0. The summed E-state index contributed by atoms with van der Waals surface area (Å²) in [7, 11) is 2.19. The summed E-state index contributed by atoms with van der Waals surface area (Å²) in [6.07, 6.45) is 2.47. The molecule has 1 atom stereocenters. The molecule has 0 aliphatic carbocycles. The maximum atomic E-state index is 4.54. The van der Waals surface area contributed by atoms with E-state index in [0.29, 0.717) is 5.92 Å². The molecule has 0 spiro atoms. The molecule has 2 N–H and O–H groups in total. The Morgan fingerprint density at radius 1 is 1.33 bits per heavy atom. The average molecular weight is 325 g/mol. The van der Waals surface area contributed by atoms with Gasteiger partial charge in [0.2, 0.25) is 0 Å². The summed E-state index contributed by atoms with van der Waals surface area (Å²) in [6, 6.07) is 9.05. The minimum Gasteiger partial charge on any atom is -0.374 e. The number of fused-ring (bicyclic) bond motifs is 2. The third kappa shape index (κ3) is 3.13. The summed E-state index contributed by atoms with van der Waals surface area (Å²) in [5, 5.41) is 11.7. The van der Waals surface area contributed by atoms with Crippen LogP contribution in [-0.4, -0.2) is 36.5 Å². The van der Waals surface area contributed by atoms with Gasteiger partial charge >= 0.3 is 0 Å². The molecule has 0 saturated heterocycles. The monoisotopic (exact) mass is 325 g/mol. The molecule has 5 nitrogen and oxygen atoms in total. The topological polar surface area (TPSA) is 45.1 Å². The van der Waals surface area contributed by atoms with Gasteiger partial charge in [-0.2, -0.15) is 5.10 Å². The fourth-order valence-corrected chi connectivity index (χ4v) is 3.89. The van der Waals surface area contributed by atoms with E-state index in [-0.39, 0.29) is 0 Å². The van der Waals surface area contributed by atoms with Crippen molar-refractivity contribution in [1.29, 1.82) is 0 Å². The first-order chi connectivity index (χ1) is 11.7. The first-order valence-electron chi connectivity index (χ1n) is 9.01. The number of anilines is 2. The van der Waals surface area contributed by atoms with Gasteiger partial charge in [-0.25, -0.2) is 4.68 Å². The molecule has 2 aliphatic heterocycles. The Labute approximate surface area is 144 Å². The van der Waals surface area contributed by atoms with Crippen molar-refractivity contribution in [2.24, 2.45) is 5.92 Å². The van der Waals surface area contributed by atoms with Crippen LogP contribution in [0.1, 0.15) is 23.2 Å². The third-order valence-corrected chi connectivity index (χ3v) is 5.16. The van der Waals surface area contributed by atoms with E-state index >= 15 is 0 Å². The second-order valence-corrected chi connectivity index (χ2v) is 7.22. The summed E-state index contributed by atoms with van der Waals surface area (Å²) in [5.41, 5.74) is 5.38. The van der Waals surface area contributed by atoms with Gasteiger partial charge in [-0.15, -0.1) is 0 Å². The predicted octanol–water partition coefficient (Wildman–Crippen LogP) is 2.41. The molecule has 4 rings (SSSR count). The van der Waals surface area contributed by atoms with Crippen LogP contribution in [0.2, 0.25) is 0 Å². The maximum absolute atomic E-state index is 4.54. The smallest absolute Gasteiger partial charge is 0.124 e. The number of hydrogen-bond acceptors (Lipinski definition) is 4. The zero-order valence-electron chi connectivity index (χ0n) is 14.7. The molecule has 0 bridgehead atoms. The van der Waals surface area contributed by atoms with Crippen molar-refractivity contribution in [2.45, 2.75) is 32.9 Å². The molecule has 24 heavy (non-hydrogen) atoms. The Hall–Kier alpha value is -2.01. The molecule has 2 aliphatic rings. The van der Waals surface area contributed by atoms with Crippen molar-refractivity contribution < 1.29 is 0 Å². The molecule has 2 aromatic rings. The van der Waals surface area contributed by atoms with Crippen LogP contribution in [0.5, 0.6) is 0 Å². The average Bonchev–Trinajstić information content (AvgIpc) is 2.94. The maximum Gasteiger partial charge on any atom is 0.124 e. The third-order valence-electron chi connectivity index (χ3n) is 5.16. The van der Waals surface area contributed by atoms with E-state index in [0.717, 1.165) is 37.7 Å². The van der Waals surface area contributed by atoms with Gasteiger partial charge in [0.15, 0.2) is 0 Å². The van der Waals surface area contributed by atoms with Gasteiger partial charge in [0, 0.05) is 57.4 Å². The predicted molar refractivity (Wildman–Crippen MR) is 98.7 cm³/mol. The number of hydrogen-bond donors (Lipinski definition) is 2. The summed E-state index contributed by atoms with van der Waals surface area (Å²) < 4.78 is 2.10. The van der Waals surface area contributed by atoms with Crippen LogP contribution in [0.15, 0.2) is 24.3 Å². The van der Waals surface area contributed by atoms with E-state index in [1.165, 1.54) is 36.2 Å². The Morgan fingerprint density at radius 2 is 2.25 bits per heavy atom. The molecule has 5 heteroatoms. The fourth-order valence-electron chi connectivity index (χ4n) is 3.89. The number of nitrogens with one attached hydrogen (secondary N) is 2. The lowest BCUT2D eigenvalue weighted by atomic mass is 9.99. The molecule has 3 heterocycles. The van der Waals surface area contributed by atoms with Crippen LogP contribution in [0, 0.1) is 12.8 Å². The highest BCUT2D eigenvalue weighted by Gasteiger charge is 2.19. The minimum atomic E-state index is 0.584. The van der Waals surface area contributed by atoms with E-state index in [1.54, 1.807) is 0 Å². The molecule has 128 valence electrons. The van der Waals surface area contributed by atoms with Crippen molar-refractivity contribution in [3.05, 3.63) is 41.1 Å². The van der Waals surface area contributed by atoms with Crippen molar-refractivity contribution in [3.63, 3.8) is 0 Å². The Morgan fingerprint density at radius 3 is 3.17 bits per heavy atom. The number of aryl methyl sites for hydroxylation is 2. The van der Waals surface area contributed by atoms with Crippen LogP contribution in [0.25, 0.3) is 0 Å². The number of aromatic nitrogens is 2. The lowest BCUT2D eigenvalue weighted by Crippen LogP contribution is -2.35. The van der Waals surface area contributed by atoms with Crippen molar-refractivity contribution in [1.82, 2.24) is 15.1 Å². The van der Waals surface area contributed by atoms with E-state index in [4.69, 9.17) is 0 Å². The summed E-state index contributed by atoms with van der Waals surface area (Å²) in [6.45, 7) is 7.20. The van der Waals surface area contributed by atoms with Crippen LogP contribution in [-0.2, 0) is 19.5 Å².